The number of nitrogens with zero attached hydrogens (tertiary/aromatic N) is 3. The first-order valence-electron chi connectivity index (χ1n) is 9.95. The van der Waals surface area contributed by atoms with Crippen molar-refractivity contribution in [1.82, 2.24) is 20.0 Å². The smallest absolute Gasteiger partial charge is 0.222 e. The lowest BCUT2D eigenvalue weighted by atomic mass is 9.79. The maximum atomic E-state index is 13.5. The van der Waals surface area contributed by atoms with Crippen molar-refractivity contribution >= 4 is 5.91 Å². The molecule has 0 radical (unpaired) electrons. The Morgan fingerprint density at radius 3 is 2.82 bits per heavy atom. The molecule has 1 N–H and O–H groups in total. The summed E-state index contributed by atoms with van der Waals surface area (Å²) in [5.41, 5.74) is 1.97. The highest BCUT2D eigenvalue weighted by Gasteiger charge is 2.42. The van der Waals surface area contributed by atoms with E-state index in [0.29, 0.717) is 19.4 Å². The van der Waals surface area contributed by atoms with Gasteiger partial charge in [0.05, 0.1) is 6.20 Å². The van der Waals surface area contributed by atoms with Crippen LogP contribution in [0.2, 0.25) is 0 Å². The van der Waals surface area contributed by atoms with Crippen LogP contribution in [0.3, 0.4) is 0 Å². The molecular weight excluding hydrogens is 362 g/mol. The van der Waals surface area contributed by atoms with Crippen molar-refractivity contribution in [1.29, 1.82) is 0 Å². The van der Waals surface area contributed by atoms with Gasteiger partial charge >= 0.3 is 0 Å². The number of aryl methyl sites for hydroxylation is 1. The summed E-state index contributed by atoms with van der Waals surface area (Å²) >= 11 is 0. The summed E-state index contributed by atoms with van der Waals surface area (Å²) in [4.78, 5) is 16.9. The van der Waals surface area contributed by atoms with E-state index in [2.05, 4.69) is 15.1 Å². The monoisotopic (exact) mass is 388 g/mol. The van der Waals surface area contributed by atoms with Crippen LogP contribution in [0.5, 0.6) is 0 Å². The van der Waals surface area contributed by atoms with Crippen molar-refractivity contribution in [3.05, 3.63) is 53.4 Å². The number of H-pyrrole nitrogens is 1. The van der Waals surface area contributed by atoms with Gasteiger partial charge in [-0.15, -0.1) is 0 Å². The molecule has 1 aromatic heterocycles. The number of hydrogen-bond donors (Lipinski definition) is 1. The van der Waals surface area contributed by atoms with Crippen LogP contribution in [-0.4, -0.2) is 52.1 Å². The number of amides is 1. The Morgan fingerprint density at radius 1 is 1.14 bits per heavy atom. The zero-order valence-corrected chi connectivity index (χ0v) is 16.0. The highest BCUT2D eigenvalue weighted by molar-refractivity contribution is 5.76. The van der Waals surface area contributed by atoms with Gasteiger partial charge < -0.3 is 4.90 Å². The highest BCUT2D eigenvalue weighted by Crippen LogP contribution is 2.39. The molecule has 2 aromatic rings. The minimum absolute atomic E-state index is 0.127. The number of nitrogens with one attached hydrogen (secondary N) is 1. The molecule has 1 unspecified atom stereocenters. The normalized spacial score (nSPS) is 22.9. The second-order valence-corrected chi connectivity index (χ2v) is 8.23. The van der Waals surface area contributed by atoms with E-state index in [-0.39, 0.29) is 11.3 Å². The van der Waals surface area contributed by atoms with Crippen molar-refractivity contribution < 1.29 is 13.6 Å². The maximum absolute atomic E-state index is 13.5. The topological polar surface area (TPSA) is 52.2 Å². The number of halogens is 2. The Kier molecular flexibility index (Phi) is 5.44. The van der Waals surface area contributed by atoms with Gasteiger partial charge in [0, 0.05) is 44.2 Å². The summed E-state index contributed by atoms with van der Waals surface area (Å²) in [6, 6.07) is 4.14. The Bertz CT molecular complexity index is 826. The van der Waals surface area contributed by atoms with Crippen molar-refractivity contribution in [3.8, 4) is 0 Å². The average Bonchev–Trinajstić information content (AvgIpc) is 3.33. The Labute approximate surface area is 163 Å². The van der Waals surface area contributed by atoms with E-state index in [1.54, 1.807) is 12.3 Å². The minimum atomic E-state index is -0.806. The van der Waals surface area contributed by atoms with E-state index in [1.807, 2.05) is 11.1 Å². The number of benzene rings is 1. The number of hydrogen-bond acceptors (Lipinski definition) is 3. The molecule has 3 heterocycles. The van der Waals surface area contributed by atoms with E-state index in [9.17, 15) is 13.6 Å². The predicted octanol–water partition coefficient (Wildman–Crippen LogP) is 3.14. The molecule has 2 fully saturated rings. The molecule has 4 rings (SSSR count). The quantitative estimate of drug-likeness (QED) is 0.856. The third-order valence-electron chi connectivity index (χ3n) is 6.10. The van der Waals surface area contributed by atoms with E-state index < -0.39 is 11.6 Å². The number of rotatable bonds is 5. The van der Waals surface area contributed by atoms with Crippen LogP contribution in [0.15, 0.2) is 30.6 Å². The van der Waals surface area contributed by atoms with Crippen LogP contribution in [0.1, 0.15) is 36.8 Å². The molecule has 2 saturated heterocycles. The summed E-state index contributed by atoms with van der Waals surface area (Å²) in [6.07, 6.45) is 8.01. The molecule has 5 nitrogen and oxygen atoms in total. The lowest BCUT2D eigenvalue weighted by Crippen LogP contribution is -2.45. The number of piperidine rings is 1. The molecular formula is C21H26F2N4O. The molecule has 7 heteroatoms. The molecule has 2 aliphatic heterocycles. The third-order valence-corrected chi connectivity index (χ3v) is 6.10. The van der Waals surface area contributed by atoms with Gasteiger partial charge in [0.25, 0.3) is 0 Å². The third kappa shape index (κ3) is 4.24. The first-order valence-corrected chi connectivity index (χ1v) is 9.95. The minimum Gasteiger partial charge on any atom is -0.342 e. The van der Waals surface area contributed by atoms with Crippen LogP contribution in [0, 0.1) is 17.0 Å². The molecule has 0 saturated carbocycles. The molecule has 28 heavy (non-hydrogen) atoms. The highest BCUT2D eigenvalue weighted by atomic mass is 19.2. The second kappa shape index (κ2) is 7.99. The van der Waals surface area contributed by atoms with Crippen LogP contribution < -0.4 is 0 Å². The molecule has 1 atom stereocenters. The van der Waals surface area contributed by atoms with Crippen molar-refractivity contribution in [2.45, 2.75) is 38.6 Å². The second-order valence-electron chi connectivity index (χ2n) is 8.23. The maximum Gasteiger partial charge on any atom is 0.222 e. The number of likely N-dealkylation sites (tertiary alicyclic amines) is 2. The van der Waals surface area contributed by atoms with Crippen molar-refractivity contribution in [2.24, 2.45) is 5.41 Å². The van der Waals surface area contributed by atoms with Gasteiger partial charge in [0.15, 0.2) is 11.6 Å². The van der Waals surface area contributed by atoms with Gasteiger partial charge in [-0.2, -0.15) is 5.10 Å². The fourth-order valence-electron chi connectivity index (χ4n) is 4.65. The molecule has 1 amide bonds. The number of aromatic nitrogens is 2. The Hall–Kier alpha value is -2.28. The van der Waals surface area contributed by atoms with E-state index >= 15 is 0 Å². The average molecular weight is 388 g/mol. The van der Waals surface area contributed by atoms with Crippen LogP contribution in [0.25, 0.3) is 0 Å². The summed E-state index contributed by atoms with van der Waals surface area (Å²) in [5.74, 6) is -1.39. The fraction of sp³-hybridized carbons (Fsp3) is 0.524. The van der Waals surface area contributed by atoms with E-state index in [4.69, 9.17) is 0 Å². The van der Waals surface area contributed by atoms with Gasteiger partial charge in [-0.05, 0) is 55.5 Å². The molecule has 1 spiro atoms. The number of aromatic amines is 1. The fourth-order valence-corrected chi connectivity index (χ4v) is 4.65. The largest absolute Gasteiger partial charge is 0.342 e. The summed E-state index contributed by atoms with van der Waals surface area (Å²) in [6.45, 7) is 4.08. The molecule has 2 aliphatic rings. The molecule has 1 aromatic carbocycles. The van der Waals surface area contributed by atoms with E-state index in [1.165, 1.54) is 12.1 Å². The lowest BCUT2D eigenvalue weighted by Gasteiger charge is -2.40. The molecule has 0 aliphatic carbocycles. The van der Waals surface area contributed by atoms with Crippen LogP contribution >= 0.6 is 0 Å². The summed E-state index contributed by atoms with van der Waals surface area (Å²) < 4.78 is 26.7. The van der Waals surface area contributed by atoms with Crippen LogP contribution in [-0.2, 0) is 17.8 Å². The first-order chi connectivity index (χ1) is 13.5. The van der Waals surface area contributed by atoms with Crippen molar-refractivity contribution in [2.75, 3.05) is 26.2 Å². The Morgan fingerprint density at radius 2 is 2.04 bits per heavy atom. The van der Waals surface area contributed by atoms with Gasteiger partial charge in [-0.3, -0.25) is 14.8 Å². The van der Waals surface area contributed by atoms with Gasteiger partial charge in [0.2, 0.25) is 5.91 Å². The van der Waals surface area contributed by atoms with Gasteiger partial charge in [-0.25, -0.2) is 8.78 Å². The molecule has 0 bridgehead atoms. The summed E-state index contributed by atoms with van der Waals surface area (Å²) in [7, 11) is 0. The SMILES string of the molecule is O=C(CCc1cn[nH]c1)N1CCC2(CCCN(Cc3ccc(F)c(F)c3)C2)C1. The summed E-state index contributed by atoms with van der Waals surface area (Å²) in [5, 5.41) is 6.70. The molecule has 150 valence electrons. The van der Waals surface area contributed by atoms with E-state index in [0.717, 1.165) is 56.6 Å². The van der Waals surface area contributed by atoms with Crippen LogP contribution in [0.4, 0.5) is 8.78 Å². The first kappa shape index (κ1) is 19.1. The number of carbonyl (C=O) groups is 1. The number of carbonyl (C=O) groups excluding carboxylic acids is 1. The zero-order chi connectivity index (χ0) is 19.6. The predicted molar refractivity (Wildman–Crippen MR) is 101 cm³/mol. The lowest BCUT2D eigenvalue weighted by molar-refractivity contribution is -0.130. The van der Waals surface area contributed by atoms with Crippen molar-refractivity contribution in [3.63, 3.8) is 0 Å². The standard InChI is InChI=1S/C21H26F2N4O/c22-18-4-2-16(10-19(18)23)13-26-8-1-6-21(14-26)7-9-27(15-21)20(28)5-3-17-11-24-25-12-17/h2,4,10-12H,1,3,5-9,13-15H2,(H,24,25). The Balaban J connectivity index is 1.33. The van der Waals surface area contributed by atoms with Gasteiger partial charge in [-0.1, -0.05) is 6.07 Å². The van der Waals surface area contributed by atoms with Gasteiger partial charge in [0.1, 0.15) is 0 Å². The zero-order valence-electron chi connectivity index (χ0n) is 16.0.